The van der Waals surface area contributed by atoms with Crippen molar-refractivity contribution >= 4 is 17.9 Å². The van der Waals surface area contributed by atoms with Crippen LogP contribution in [0.5, 0.6) is 0 Å². The number of esters is 3. The van der Waals surface area contributed by atoms with E-state index >= 15 is 0 Å². The molecule has 6 unspecified atom stereocenters. The molecule has 0 radical (unpaired) electrons. The molecule has 188 valence electrons. The minimum Gasteiger partial charge on any atom is -0.465 e. The van der Waals surface area contributed by atoms with Crippen LogP contribution >= 0.6 is 0 Å². The Hall–Kier alpha value is -1.75. The quantitative estimate of drug-likeness (QED) is 0.187. The van der Waals surface area contributed by atoms with Crippen molar-refractivity contribution in [2.45, 2.75) is 58.2 Å². The molecule has 0 aliphatic carbocycles. The fraction of sp³-hybridized carbons (Fsp3) is 0.870. The molecule has 0 spiro atoms. The Bertz CT molecular complexity index is 615. The van der Waals surface area contributed by atoms with Gasteiger partial charge in [0.15, 0.2) is 0 Å². The molecule has 0 aromatic carbocycles. The Morgan fingerprint density at radius 3 is 1.18 bits per heavy atom. The summed E-state index contributed by atoms with van der Waals surface area (Å²) in [7, 11) is 0. The topological polar surface area (TPSA) is 108 Å². The number of aliphatic hydroxyl groups is 1. The van der Waals surface area contributed by atoms with E-state index in [2.05, 4.69) is 35.5 Å². The third kappa shape index (κ3) is 8.84. The lowest BCUT2D eigenvalue weighted by Gasteiger charge is -2.30. The van der Waals surface area contributed by atoms with Crippen molar-refractivity contribution in [2.24, 2.45) is 5.41 Å². The molecule has 3 aliphatic rings. The van der Waals surface area contributed by atoms with Crippen molar-refractivity contribution in [3.05, 3.63) is 0 Å². The number of ether oxygens (including phenoxy) is 3. The number of hydrogen-bond donors (Lipinski definition) is 1. The molecular weight excluding hydrogens is 430 g/mol. The van der Waals surface area contributed by atoms with E-state index in [9.17, 15) is 19.5 Å². The summed E-state index contributed by atoms with van der Waals surface area (Å²) in [6, 6.07) is 1.49. The van der Waals surface area contributed by atoms with Gasteiger partial charge in [-0.05, 0) is 20.8 Å². The highest BCUT2D eigenvalue weighted by atomic mass is 16.6. The molecule has 0 saturated carbocycles. The SMILES string of the molecule is CC1CN1CCC(=O)OCC(CO)(COC(=O)CCN1CC1C)COC(=O)CCN1CC1C. The van der Waals surface area contributed by atoms with Gasteiger partial charge >= 0.3 is 17.9 Å². The zero-order valence-corrected chi connectivity index (χ0v) is 20.2. The zero-order valence-electron chi connectivity index (χ0n) is 20.2. The van der Waals surface area contributed by atoms with E-state index < -0.39 is 29.9 Å². The van der Waals surface area contributed by atoms with Crippen molar-refractivity contribution < 1.29 is 33.7 Å². The molecule has 3 saturated heterocycles. The van der Waals surface area contributed by atoms with E-state index in [-0.39, 0.29) is 39.1 Å². The van der Waals surface area contributed by atoms with Gasteiger partial charge in [-0.25, -0.2) is 0 Å². The van der Waals surface area contributed by atoms with Crippen LogP contribution in [0.15, 0.2) is 0 Å². The van der Waals surface area contributed by atoms with Gasteiger partial charge in [-0.15, -0.1) is 0 Å². The van der Waals surface area contributed by atoms with Gasteiger partial charge in [-0.1, -0.05) is 0 Å². The van der Waals surface area contributed by atoms with Gasteiger partial charge in [0.25, 0.3) is 0 Å². The standard InChI is InChI=1S/C23H39N3O7/c1-17-10-24(17)7-4-20(28)31-14-23(13-27,15-32-21(29)5-8-25-11-18(25)2)16-33-22(30)6-9-26-12-19(26)3/h17-19,27H,4-16H2,1-3H3. The number of aliphatic hydroxyl groups excluding tert-OH is 1. The first-order chi connectivity index (χ1) is 15.7. The molecule has 10 nitrogen and oxygen atoms in total. The van der Waals surface area contributed by atoms with Crippen LogP contribution in [0.3, 0.4) is 0 Å². The monoisotopic (exact) mass is 469 g/mol. The first kappa shape index (κ1) is 25.9. The molecule has 3 rings (SSSR count). The van der Waals surface area contributed by atoms with E-state index in [4.69, 9.17) is 14.2 Å². The fourth-order valence-electron chi connectivity index (χ4n) is 3.70. The van der Waals surface area contributed by atoms with Crippen LogP contribution in [0, 0.1) is 5.41 Å². The van der Waals surface area contributed by atoms with Crippen molar-refractivity contribution in [3.63, 3.8) is 0 Å². The number of carbonyl (C=O) groups excluding carboxylic acids is 3. The Morgan fingerprint density at radius 1 is 0.697 bits per heavy atom. The third-order valence-corrected chi connectivity index (χ3v) is 6.73. The van der Waals surface area contributed by atoms with Crippen LogP contribution in [-0.4, -0.2) is 122 Å². The first-order valence-electron chi connectivity index (χ1n) is 12.0. The van der Waals surface area contributed by atoms with Gasteiger partial charge in [0.1, 0.15) is 19.8 Å². The van der Waals surface area contributed by atoms with E-state index in [1.165, 1.54) is 0 Å². The Kier molecular flexibility index (Phi) is 9.09. The molecule has 0 bridgehead atoms. The number of carbonyl (C=O) groups is 3. The molecule has 33 heavy (non-hydrogen) atoms. The first-order valence-corrected chi connectivity index (χ1v) is 12.0. The third-order valence-electron chi connectivity index (χ3n) is 6.73. The van der Waals surface area contributed by atoms with Crippen LogP contribution < -0.4 is 0 Å². The molecule has 6 atom stereocenters. The van der Waals surface area contributed by atoms with E-state index in [1.54, 1.807) is 0 Å². The Labute approximate surface area is 196 Å². The summed E-state index contributed by atoms with van der Waals surface area (Å²) < 4.78 is 16.2. The second kappa shape index (κ2) is 11.6. The Morgan fingerprint density at radius 2 is 0.970 bits per heavy atom. The van der Waals surface area contributed by atoms with E-state index in [0.29, 0.717) is 37.8 Å². The maximum Gasteiger partial charge on any atom is 0.307 e. The summed E-state index contributed by atoms with van der Waals surface area (Å²) in [6.07, 6.45) is 0.731. The van der Waals surface area contributed by atoms with Gasteiger partial charge in [0, 0.05) is 57.4 Å². The largest absolute Gasteiger partial charge is 0.465 e. The van der Waals surface area contributed by atoms with Gasteiger partial charge in [-0.2, -0.15) is 0 Å². The number of hydrogen-bond acceptors (Lipinski definition) is 10. The minimum atomic E-state index is -1.19. The van der Waals surface area contributed by atoms with Crippen molar-refractivity contribution in [2.75, 3.05) is 65.7 Å². The molecule has 10 heteroatoms. The second-order valence-electron chi connectivity index (χ2n) is 9.92. The summed E-state index contributed by atoms with van der Waals surface area (Å²) >= 11 is 0. The van der Waals surface area contributed by atoms with Crippen LogP contribution in [0.1, 0.15) is 40.0 Å². The van der Waals surface area contributed by atoms with Crippen LogP contribution in [0.2, 0.25) is 0 Å². The average molecular weight is 470 g/mol. The van der Waals surface area contributed by atoms with Gasteiger partial charge in [0.05, 0.1) is 31.3 Å². The van der Waals surface area contributed by atoms with Crippen LogP contribution in [0.25, 0.3) is 0 Å². The fourth-order valence-corrected chi connectivity index (χ4v) is 3.70. The lowest BCUT2D eigenvalue weighted by Crippen LogP contribution is -2.43. The summed E-state index contributed by atoms with van der Waals surface area (Å²) in [6.45, 7) is 10.1. The summed E-state index contributed by atoms with van der Waals surface area (Å²) in [5.74, 6) is -1.18. The average Bonchev–Trinajstić information content (AvgIpc) is 3.74. The summed E-state index contributed by atoms with van der Waals surface area (Å²) in [5, 5.41) is 10.1. The van der Waals surface area contributed by atoms with Crippen molar-refractivity contribution in [3.8, 4) is 0 Å². The molecule has 3 aliphatic heterocycles. The van der Waals surface area contributed by atoms with Gasteiger partial charge < -0.3 is 19.3 Å². The maximum absolute atomic E-state index is 12.2. The normalized spacial score (nSPS) is 31.3. The summed E-state index contributed by atoms with van der Waals surface area (Å²) in [5.41, 5.74) is -1.19. The lowest BCUT2D eigenvalue weighted by atomic mass is 9.92. The van der Waals surface area contributed by atoms with Crippen molar-refractivity contribution in [1.82, 2.24) is 14.7 Å². The second-order valence-corrected chi connectivity index (χ2v) is 9.92. The van der Waals surface area contributed by atoms with Gasteiger partial charge in [0.2, 0.25) is 0 Å². The highest BCUT2D eigenvalue weighted by molar-refractivity contribution is 5.71. The zero-order chi connectivity index (χ0) is 24.0. The molecule has 3 fully saturated rings. The highest BCUT2D eigenvalue weighted by Crippen LogP contribution is 2.22. The van der Waals surface area contributed by atoms with Crippen molar-refractivity contribution in [1.29, 1.82) is 0 Å². The van der Waals surface area contributed by atoms with Gasteiger partial charge in [-0.3, -0.25) is 29.1 Å². The lowest BCUT2D eigenvalue weighted by molar-refractivity contribution is -0.165. The molecular formula is C23H39N3O7. The molecule has 0 aromatic heterocycles. The molecule has 3 heterocycles. The minimum absolute atomic E-state index is 0.190. The predicted molar refractivity (Wildman–Crippen MR) is 119 cm³/mol. The maximum atomic E-state index is 12.2. The molecule has 1 N–H and O–H groups in total. The number of rotatable bonds is 16. The highest BCUT2D eigenvalue weighted by Gasteiger charge is 2.37. The molecule has 0 aromatic rings. The number of nitrogens with zero attached hydrogens (tertiary/aromatic N) is 3. The van der Waals surface area contributed by atoms with Crippen LogP contribution in [0.4, 0.5) is 0 Å². The predicted octanol–water partition coefficient (Wildman–Crippen LogP) is -0.123. The van der Waals surface area contributed by atoms with Crippen LogP contribution in [-0.2, 0) is 28.6 Å². The smallest absolute Gasteiger partial charge is 0.307 e. The Balaban J connectivity index is 1.46. The van der Waals surface area contributed by atoms with E-state index in [1.807, 2.05) is 0 Å². The summed E-state index contributed by atoms with van der Waals surface area (Å²) in [4.78, 5) is 43.0. The molecule has 0 amide bonds. The van der Waals surface area contributed by atoms with E-state index in [0.717, 1.165) is 19.6 Å².